The van der Waals surface area contributed by atoms with Gasteiger partial charge in [0.05, 0.1) is 11.3 Å². The van der Waals surface area contributed by atoms with E-state index in [1.54, 1.807) is 6.07 Å². The highest BCUT2D eigenvalue weighted by molar-refractivity contribution is 5.89. The van der Waals surface area contributed by atoms with Crippen LogP contribution in [0, 0.1) is 24.1 Å². The van der Waals surface area contributed by atoms with Crippen LogP contribution in [0.3, 0.4) is 0 Å². The van der Waals surface area contributed by atoms with E-state index in [1.807, 2.05) is 19.9 Å². The number of hydrogen-bond acceptors (Lipinski definition) is 3. The van der Waals surface area contributed by atoms with Crippen molar-refractivity contribution < 1.29 is 9.18 Å². The first-order valence-electron chi connectivity index (χ1n) is 6.76. The Morgan fingerprint density at radius 3 is 2.91 bits per heavy atom. The summed E-state index contributed by atoms with van der Waals surface area (Å²) in [4.78, 5) is 11.9. The Hall–Kier alpha value is -2.88. The molecule has 0 fully saturated rings. The molecule has 22 heavy (non-hydrogen) atoms. The molecule has 114 valence electrons. The third-order valence-electron chi connectivity index (χ3n) is 3.00. The molecule has 0 bridgehead atoms. The SMILES string of the molecule is Cc1cc(C[C@@H](C)NC(=O)Nc2ccc(F)c(C#N)c2)n[nH]1. The van der Waals surface area contributed by atoms with Gasteiger partial charge in [-0.2, -0.15) is 10.4 Å². The summed E-state index contributed by atoms with van der Waals surface area (Å²) >= 11 is 0. The number of rotatable bonds is 4. The Kier molecular flexibility index (Phi) is 4.73. The molecule has 0 radical (unpaired) electrons. The molecule has 2 amide bonds. The van der Waals surface area contributed by atoms with Crippen LogP contribution in [0.4, 0.5) is 14.9 Å². The van der Waals surface area contributed by atoms with Gasteiger partial charge in [-0.15, -0.1) is 0 Å². The van der Waals surface area contributed by atoms with Crippen molar-refractivity contribution >= 4 is 11.7 Å². The molecule has 2 aromatic rings. The van der Waals surface area contributed by atoms with Gasteiger partial charge in [0.2, 0.25) is 0 Å². The summed E-state index contributed by atoms with van der Waals surface area (Å²) in [5.41, 5.74) is 2.07. The minimum absolute atomic E-state index is 0.113. The lowest BCUT2D eigenvalue weighted by Gasteiger charge is -2.13. The Morgan fingerprint density at radius 2 is 2.27 bits per heavy atom. The van der Waals surface area contributed by atoms with E-state index in [9.17, 15) is 9.18 Å². The van der Waals surface area contributed by atoms with Crippen LogP contribution in [0.2, 0.25) is 0 Å². The van der Waals surface area contributed by atoms with Crippen LogP contribution in [0.1, 0.15) is 23.9 Å². The molecule has 1 atom stereocenters. The number of amides is 2. The highest BCUT2D eigenvalue weighted by atomic mass is 19.1. The Labute approximate surface area is 127 Å². The number of H-pyrrole nitrogens is 1. The lowest BCUT2D eigenvalue weighted by molar-refractivity contribution is 0.249. The largest absolute Gasteiger partial charge is 0.335 e. The normalized spacial score (nSPS) is 11.5. The van der Waals surface area contributed by atoms with Gasteiger partial charge in [0.25, 0.3) is 0 Å². The number of nitriles is 1. The Balaban J connectivity index is 1.91. The number of anilines is 1. The van der Waals surface area contributed by atoms with Crippen LogP contribution in [0.15, 0.2) is 24.3 Å². The molecule has 0 saturated carbocycles. The summed E-state index contributed by atoms with van der Waals surface area (Å²) in [5, 5.41) is 21.0. The summed E-state index contributed by atoms with van der Waals surface area (Å²) < 4.78 is 13.2. The van der Waals surface area contributed by atoms with Crippen molar-refractivity contribution in [1.82, 2.24) is 15.5 Å². The summed E-state index contributed by atoms with van der Waals surface area (Å²) in [6.45, 7) is 3.76. The summed E-state index contributed by atoms with van der Waals surface area (Å²) in [5.74, 6) is -0.615. The quantitative estimate of drug-likeness (QED) is 0.809. The van der Waals surface area contributed by atoms with Crippen LogP contribution in [-0.2, 0) is 6.42 Å². The molecule has 0 aliphatic rings. The Bertz CT molecular complexity index is 719. The maximum atomic E-state index is 13.2. The zero-order valence-electron chi connectivity index (χ0n) is 12.3. The Morgan fingerprint density at radius 1 is 1.50 bits per heavy atom. The van der Waals surface area contributed by atoms with Crippen molar-refractivity contribution in [3.8, 4) is 6.07 Å². The minimum Gasteiger partial charge on any atom is -0.335 e. The first kappa shape index (κ1) is 15.5. The van der Waals surface area contributed by atoms with E-state index in [0.29, 0.717) is 12.1 Å². The fourth-order valence-electron chi connectivity index (χ4n) is 2.02. The molecule has 0 aliphatic heterocycles. The third-order valence-corrected chi connectivity index (χ3v) is 3.00. The van der Waals surface area contributed by atoms with Crippen LogP contribution in [0.5, 0.6) is 0 Å². The second-order valence-electron chi connectivity index (χ2n) is 5.05. The average Bonchev–Trinajstić information content (AvgIpc) is 2.85. The molecule has 6 nitrogen and oxygen atoms in total. The van der Waals surface area contributed by atoms with Gasteiger partial charge in [-0.05, 0) is 38.1 Å². The highest BCUT2D eigenvalue weighted by Gasteiger charge is 2.11. The van der Waals surface area contributed by atoms with Gasteiger partial charge in [-0.1, -0.05) is 0 Å². The van der Waals surface area contributed by atoms with E-state index in [4.69, 9.17) is 5.26 Å². The number of nitrogens with zero attached hydrogens (tertiary/aromatic N) is 2. The predicted molar refractivity (Wildman–Crippen MR) is 79.8 cm³/mol. The first-order chi connectivity index (χ1) is 10.5. The van der Waals surface area contributed by atoms with Crippen LogP contribution >= 0.6 is 0 Å². The lowest BCUT2D eigenvalue weighted by atomic mass is 10.2. The molecule has 7 heteroatoms. The van der Waals surface area contributed by atoms with Crippen molar-refractivity contribution in [3.05, 3.63) is 47.0 Å². The molecule has 3 N–H and O–H groups in total. The molecule has 2 rings (SSSR count). The van der Waals surface area contributed by atoms with E-state index < -0.39 is 11.8 Å². The van der Waals surface area contributed by atoms with Crippen molar-refractivity contribution in [2.45, 2.75) is 26.3 Å². The number of hydrogen-bond donors (Lipinski definition) is 3. The monoisotopic (exact) mass is 301 g/mol. The van der Waals surface area contributed by atoms with E-state index in [0.717, 1.165) is 17.5 Å². The van der Waals surface area contributed by atoms with Gasteiger partial charge in [0.1, 0.15) is 11.9 Å². The third kappa shape index (κ3) is 4.06. The number of nitrogens with one attached hydrogen (secondary N) is 3. The van der Waals surface area contributed by atoms with Crippen LogP contribution in [0.25, 0.3) is 0 Å². The zero-order valence-corrected chi connectivity index (χ0v) is 12.3. The number of carbonyl (C=O) groups is 1. The fourth-order valence-corrected chi connectivity index (χ4v) is 2.02. The molecule has 0 saturated heterocycles. The molecule has 1 aromatic carbocycles. The number of urea groups is 1. The fraction of sp³-hybridized carbons (Fsp3) is 0.267. The second-order valence-corrected chi connectivity index (χ2v) is 5.05. The van der Waals surface area contributed by atoms with E-state index in [-0.39, 0.29) is 11.6 Å². The molecule has 1 aromatic heterocycles. The van der Waals surface area contributed by atoms with E-state index in [2.05, 4.69) is 20.8 Å². The average molecular weight is 301 g/mol. The van der Waals surface area contributed by atoms with Crippen molar-refractivity contribution in [1.29, 1.82) is 5.26 Å². The molecule has 1 heterocycles. The summed E-state index contributed by atoms with van der Waals surface area (Å²) in [6.07, 6.45) is 0.588. The lowest BCUT2D eigenvalue weighted by Crippen LogP contribution is -2.37. The van der Waals surface area contributed by atoms with Gasteiger partial charge in [-0.3, -0.25) is 5.10 Å². The minimum atomic E-state index is -0.615. The number of aromatic nitrogens is 2. The van der Waals surface area contributed by atoms with Gasteiger partial charge < -0.3 is 10.6 Å². The van der Waals surface area contributed by atoms with Crippen molar-refractivity contribution in [3.63, 3.8) is 0 Å². The molecular weight excluding hydrogens is 285 g/mol. The highest BCUT2D eigenvalue weighted by Crippen LogP contribution is 2.13. The number of aryl methyl sites for hydroxylation is 1. The van der Waals surface area contributed by atoms with E-state index in [1.165, 1.54) is 12.1 Å². The van der Waals surface area contributed by atoms with E-state index >= 15 is 0 Å². The molecule has 0 spiro atoms. The number of halogens is 1. The number of benzene rings is 1. The zero-order chi connectivity index (χ0) is 16.1. The second kappa shape index (κ2) is 6.72. The van der Waals surface area contributed by atoms with Crippen molar-refractivity contribution in [2.24, 2.45) is 0 Å². The molecule has 0 unspecified atom stereocenters. The summed E-state index contributed by atoms with van der Waals surface area (Å²) in [7, 11) is 0. The molecular formula is C15H16FN5O. The van der Waals surface area contributed by atoms with Gasteiger partial charge in [0, 0.05) is 23.8 Å². The maximum Gasteiger partial charge on any atom is 0.319 e. The summed E-state index contributed by atoms with van der Waals surface area (Å²) in [6, 6.07) is 6.92. The smallest absolute Gasteiger partial charge is 0.319 e. The predicted octanol–water partition coefficient (Wildman–Crippen LogP) is 2.48. The van der Waals surface area contributed by atoms with Gasteiger partial charge >= 0.3 is 6.03 Å². The standard InChI is InChI=1S/C15H16FN5O/c1-9(5-13-6-10(2)20-21-13)18-15(22)19-12-3-4-14(16)11(7-12)8-17/h3-4,6-7,9H,5H2,1-2H3,(H,20,21)(H2,18,19,22)/t9-/m1/s1. The molecule has 0 aliphatic carbocycles. The number of aromatic amines is 1. The van der Waals surface area contributed by atoms with Crippen molar-refractivity contribution in [2.75, 3.05) is 5.32 Å². The topological polar surface area (TPSA) is 93.6 Å². The van der Waals surface area contributed by atoms with Gasteiger partial charge in [-0.25, -0.2) is 9.18 Å². The van der Waals surface area contributed by atoms with Crippen LogP contribution in [-0.4, -0.2) is 22.3 Å². The van der Waals surface area contributed by atoms with Crippen LogP contribution < -0.4 is 10.6 Å². The maximum absolute atomic E-state index is 13.2. The van der Waals surface area contributed by atoms with Gasteiger partial charge in [0.15, 0.2) is 0 Å². The number of carbonyl (C=O) groups excluding carboxylic acids is 1. The first-order valence-corrected chi connectivity index (χ1v) is 6.76.